The number of nitrogens with zero attached hydrogens (tertiary/aromatic N) is 2. The van der Waals surface area contributed by atoms with E-state index >= 15 is 0 Å². The van der Waals surface area contributed by atoms with Gasteiger partial charge in [-0.1, -0.05) is 0 Å². The second-order valence-electron chi connectivity index (χ2n) is 6.45. The fraction of sp³-hybridized carbons (Fsp3) is 0.158. The second-order valence-corrected chi connectivity index (χ2v) is 6.45. The van der Waals surface area contributed by atoms with E-state index in [4.69, 9.17) is 0 Å². The third kappa shape index (κ3) is 2.79. The maximum Gasteiger partial charge on any atom is 0.255 e. The van der Waals surface area contributed by atoms with E-state index in [9.17, 15) is 22.4 Å². The number of aromatic nitrogens is 2. The molecule has 1 aromatic heterocycles. The van der Waals surface area contributed by atoms with Crippen molar-refractivity contribution in [2.75, 3.05) is 5.32 Å². The molecule has 1 atom stereocenters. The van der Waals surface area contributed by atoms with Crippen LogP contribution in [0, 0.1) is 37.1 Å². The molecular formula is C19H14F4N4O. The SMILES string of the molecule is Cc1nn(-c2ccc(F)cc2F)c(C)c1C1NC(=O)c2cc(F)c(F)cc2N1. The summed E-state index contributed by atoms with van der Waals surface area (Å²) in [6, 6.07) is 4.85. The Morgan fingerprint density at radius 1 is 0.964 bits per heavy atom. The van der Waals surface area contributed by atoms with Crippen molar-refractivity contribution in [2.45, 2.75) is 20.0 Å². The number of carbonyl (C=O) groups is 1. The quantitative estimate of drug-likeness (QED) is 0.653. The van der Waals surface area contributed by atoms with Gasteiger partial charge in [-0.15, -0.1) is 0 Å². The van der Waals surface area contributed by atoms with Crippen molar-refractivity contribution in [3.05, 3.63) is 76.1 Å². The van der Waals surface area contributed by atoms with Crippen LogP contribution in [0.15, 0.2) is 30.3 Å². The fourth-order valence-electron chi connectivity index (χ4n) is 3.36. The van der Waals surface area contributed by atoms with E-state index in [-0.39, 0.29) is 16.9 Å². The summed E-state index contributed by atoms with van der Waals surface area (Å²) < 4.78 is 55.7. The van der Waals surface area contributed by atoms with Crippen LogP contribution in [0.5, 0.6) is 0 Å². The highest BCUT2D eigenvalue weighted by molar-refractivity contribution is 6.01. The van der Waals surface area contributed by atoms with E-state index < -0.39 is 35.3 Å². The Labute approximate surface area is 157 Å². The van der Waals surface area contributed by atoms with Gasteiger partial charge in [0.25, 0.3) is 5.91 Å². The second kappa shape index (κ2) is 6.36. The van der Waals surface area contributed by atoms with Gasteiger partial charge in [-0.3, -0.25) is 4.79 Å². The van der Waals surface area contributed by atoms with Crippen molar-refractivity contribution in [3.63, 3.8) is 0 Å². The number of hydrogen-bond donors (Lipinski definition) is 2. The molecule has 28 heavy (non-hydrogen) atoms. The van der Waals surface area contributed by atoms with Crippen LogP contribution in [0.4, 0.5) is 23.2 Å². The zero-order valence-corrected chi connectivity index (χ0v) is 14.8. The van der Waals surface area contributed by atoms with Crippen LogP contribution in [-0.2, 0) is 0 Å². The summed E-state index contributed by atoms with van der Waals surface area (Å²) in [6.45, 7) is 3.32. The van der Waals surface area contributed by atoms with Gasteiger partial charge in [0.15, 0.2) is 17.5 Å². The summed E-state index contributed by atoms with van der Waals surface area (Å²) in [5.41, 5.74) is 1.66. The van der Waals surface area contributed by atoms with Crippen molar-refractivity contribution in [3.8, 4) is 5.69 Å². The smallest absolute Gasteiger partial charge is 0.255 e. The van der Waals surface area contributed by atoms with Crippen LogP contribution in [-0.4, -0.2) is 15.7 Å². The Hall–Kier alpha value is -3.36. The van der Waals surface area contributed by atoms with Gasteiger partial charge >= 0.3 is 0 Å². The third-order valence-corrected chi connectivity index (χ3v) is 4.65. The Morgan fingerprint density at radius 2 is 1.68 bits per heavy atom. The summed E-state index contributed by atoms with van der Waals surface area (Å²) in [4.78, 5) is 12.4. The molecule has 2 N–H and O–H groups in total. The maximum absolute atomic E-state index is 14.2. The number of anilines is 1. The zero-order chi connectivity index (χ0) is 20.2. The molecule has 9 heteroatoms. The molecule has 1 amide bonds. The number of aryl methyl sites for hydroxylation is 1. The number of amides is 1. The monoisotopic (exact) mass is 390 g/mol. The lowest BCUT2D eigenvalue weighted by Gasteiger charge is -2.28. The van der Waals surface area contributed by atoms with Gasteiger partial charge in [0.05, 0.1) is 16.9 Å². The molecule has 144 valence electrons. The number of benzene rings is 2. The third-order valence-electron chi connectivity index (χ3n) is 4.65. The molecule has 2 aromatic carbocycles. The minimum atomic E-state index is -1.12. The van der Waals surface area contributed by atoms with E-state index in [1.807, 2.05) is 0 Å². The molecule has 0 fully saturated rings. The largest absolute Gasteiger partial charge is 0.361 e. The maximum atomic E-state index is 14.2. The van der Waals surface area contributed by atoms with Crippen molar-refractivity contribution in [2.24, 2.45) is 0 Å². The van der Waals surface area contributed by atoms with E-state index in [0.717, 1.165) is 24.3 Å². The average molecular weight is 390 g/mol. The minimum absolute atomic E-state index is 0.0255. The Balaban J connectivity index is 1.77. The molecule has 1 aliphatic rings. The molecule has 0 bridgehead atoms. The lowest BCUT2D eigenvalue weighted by atomic mass is 10.0. The normalized spacial score (nSPS) is 15.8. The molecule has 1 aliphatic heterocycles. The van der Waals surface area contributed by atoms with Gasteiger partial charge in [0.1, 0.15) is 17.7 Å². The molecule has 0 saturated carbocycles. The van der Waals surface area contributed by atoms with Crippen LogP contribution in [0.25, 0.3) is 5.69 Å². The Morgan fingerprint density at radius 3 is 2.39 bits per heavy atom. The van der Waals surface area contributed by atoms with Crippen LogP contribution in [0.3, 0.4) is 0 Å². The number of hydrogen-bond acceptors (Lipinski definition) is 3. The van der Waals surface area contributed by atoms with E-state index in [1.165, 1.54) is 10.7 Å². The molecule has 0 saturated heterocycles. The highest BCUT2D eigenvalue weighted by Gasteiger charge is 2.30. The van der Waals surface area contributed by atoms with Crippen molar-refractivity contribution < 1.29 is 22.4 Å². The number of halogens is 4. The Bertz CT molecular complexity index is 1130. The predicted molar refractivity (Wildman–Crippen MR) is 93.1 cm³/mol. The highest BCUT2D eigenvalue weighted by atomic mass is 19.2. The first-order valence-electron chi connectivity index (χ1n) is 8.34. The van der Waals surface area contributed by atoms with Gasteiger partial charge in [0.2, 0.25) is 0 Å². The first-order chi connectivity index (χ1) is 13.3. The number of carbonyl (C=O) groups excluding carboxylic acids is 1. The molecule has 0 aliphatic carbocycles. The molecule has 2 heterocycles. The first kappa shape index (κ1) is 18.0. The Kier molecular flexibility index (Phi) is 4.10. The zero-order valence-electron chi connectivity index (χ0n) is 14.8. The van der Waals surface area contributed by atoms with E-state index in [0.29, 0.717) is 17.0 Å². The van der Waals surface area contributed by atoms with Crippen LogP contribution >= 0.6 is 0 Å². The van der Waals surface area contributed by atoms with Gasteiger partial charge in [-0.05, 0) is 32.0 Å². The van der Waals surface area contributed by atoms with Gasteiger partial charge in [0, 0.05) is 23.4 Å². The summed E-state index contributed by atoms with van der Waals surface area (Å²) in [7, 11) is 0. The number of fused-ring (bicyclic) bond motifs is 1. The van der Waals surface area contributed by atoms with Crippen molar-refractivity contribution >= 4 is 11.6 Å². The fourth-order valence-corrected chi connectivity index (χ4v) is 3.36. The molecule has 0 radical (unpaired) electrons. The standard InChI is InChI=1S/C19H14F4N4O/c1-8-17(9(2)27(26-8)16-4-3-10(20)5-14(16)23)18-24-15-7-13(22)12(21)6-11(15)19(28)25-18/h3-7,18,24H,1-2H3,(H,25,28). The average Bonchev–Trinajstić information content (AvgIpc) is 2.91. The van der Waals surface area contributed by atoms with Crippen molar-refractivity contribution in [1.29, 1.82) is 0 Å². The summed E-state index contributed by atoms with van der Waals surface area (Å²) in [5.74, 6) is -4.30. The minimum Gasteiger partial charge on any atom is -0.361 e. The van der Waals surface area contributed by atoms with Gasteiger partial charge in [-0.2, -0.15) is 5.10 Å². The first-order valence-corrected chi connectivity index (χ1v) is 8.34. The highest BCUT2D eigenvalue weighted by Crippen LogP contribution is 2.32. The van der Waals surface area contributed by atoms with Crippen LogP contribution < -0.4 is 10.6 Å². The lowest BCUT2D eigenvalue weighted by Crippen LogP contribution is -2.39. The van der Waals surface area contributed by atoms with Gasteiger partial charge in [-0.25, -0.2) is 22.2 Å². The van der Waals surface area contributed by atoms with Gasteiger partial charge < -0.3 is 10.6 Å². The van der Waals surface area contributed by atoms with Crippen LogP contribution in [0.1, 0.15) is 33.5 Å². The summed E-state index contributed by atoms with van der Waals surface area (Å²) in [5, 5.41) is 9.88. The molecular weight excluding hydrogens is 376 g/mol. The molecule has 1 unspecified atom stereocenters. The predicted octanol–water partition coefficient (Wildman–Crippen LogP) is 3.90. The summed E-state index contributed by atoms with van der Waals surface area (Å²) >= 11 is 0. The lowest BCUT2D eigenvalue weighted by molar-refractivity contribution is 0.0935. The summed E-state index contributed by atoms with van der Waals surface area (Å²) in [6.07, 6.45) is -0.790. The van der Waals surface area contributed by atoms with E-state index in [1.54, 1.807) is 13.8 Å². The molecule has 5 nitrogen and oxygen atoms in total. The molecule has 4 rings (SSSR count). The van der Waals surface area contributed by atoms with E-state index in [2.05, 4.69) is 15.7 Å². The molecule has 0 spiro atoms. The van der Waals surface area contributed by atoms with Crippen molar-refractivity contribution in [1.82, 2.24) is 15.1 Å². The molecule has 3 aromatic rings. The topological polar surface area (TPSA) is 59.0 Å². The number of nitrogens with one attached hydrogen (secondary N) is 2. The van der Waals surface area contributed by atoms with Crippen LogP contribution in [0.2, 0.25) is 0 Å². The number of rotatable bonds is 2.